The topological polar surface area (TPSA) is 49.9 Å². The average molecular weight is 371 g/mol. The molecule has 1 aromatic carbocycles. The smallest absolute Gasteiger partial charge is 0.416 e. The van der Waals surface area contributed by atoms with Crippen molar-refractivity contribution < 1.29 is 27.5 Å². The fraction of sp³-hybridized carbons (Fsp3) is 0.500. The number of amides is 2. The molecule has 0 atom stereocenters. The van der Waals surface area contributed by atoms with Gasteiger partial charge in [0.2, 0.25) is 5.91 Å². The summed E-state index contributed by atoms with van der Waals surface area (Å²) >= 11 is 0. The number of alkyl halides is 3. The van der Waals surface area contributed by atoms with Crippen molar-refractivity contribution in [3.05, 3.63) is 42.3 Å². The minimum Gasteiger partial charge on any atom is -0.445 e. The number of rotatable bonds is 5. The van der Waals surface area contributed by atoms with Crippen LogP contribution in [0.5, 0.6) is 0 Å². The molecule has 0 aliphatic carbocycles. The minimum absolute atomic E-state index is 0.0615. The highest BCUT2D eigenvalue weighted by molar-refractivity contribution is 5.76. The van der Waals surface area contributed by atoms with Crippen LogP contribution in [0.1, 0.15) is 30.4 Å². The summed E-state index contributed by atoms with van der Waals surface area (Å²) in [6, 6.07) is 4.49. The Kier molecular flexibility index (Phi) is 6.88. The molecule has 0 spiro atoms. The zero-order valence-electron chi connectivity index (χ0n) is 14.4. The van der Waals surface area contributed by atoms with Gasteiger partial charge in [-0.2, -0.15) is 13.2 Å². The summed E-state index contributed by atoms with van der Waals surface area (Å²) in [4.78, 5) is 27.2. The van der Waals surface area contributed by atoms with E-state index in [1.165, 1.54) is 17.0 Å². The highest BCUT2D eigenvalue weighted by Gasteiger charge is 2.30. The second-order valence-corrected chi connectivity index (χ2v) is 6.07. The van der Waals surface area contributed by atoms with Gasteiger partial charge in [-0.05, 0) is 24.1 Å². The lowest BCUT2D eigenvalue weighted by Gasteiger charge is -2.34. The Morgan fingerprint density at radius 2 is 1.62 bits per heavy atom. The van der Waals surface area contributed by atoms with E-state index in [9.17, 15) is 22.8 Å². The number of hydrogen-bond donors (Lipinski definition) is 0. The van der Waals surface area contributed by atoms with Crippen molar-refractivity contribution in [2.24, 2.45) is 0 Å². The molecule has 26 heavy (non-hydrogen) atoms. The molecule has 8 heteroatoms. The summed E-state index contributed by atoms with van der Waals surface area (Å²) < 4.78 is 42.7. The van der Waals surface area contributed by atoms with Gasteiger partial charge in [0, 0.05) is 32.6 Å². The van der Waals surface area contributed by atoms with Gasteiger partial charge in [-0.15, -0.1) is 0 Å². The van der Waals surface area contributed by atoms with E-state index in [4.69, 9.17) is 4.74 Å². The van der Waals surface area contributed by atoms with Crippen LogP contribution in [-0.2, 0) is 22.3 Å². The fourth-order valence-corrected chi connectivity index (χ4v) is 2.60. The van der Waals surface area contributed by atoms with Crippen LogP contribution in [0.2, 0.25) is 0 Å². The molecule has 2 amide bonds. The van der Waals surface area contributed by atoms with Crippen LogP contribution in [0.15, 0.2) is 24.3 Å². The quantitative estimate of drug-likeness (QED) is 0.796. The summed E-state index contributed by atoms with van der Waals surface area (Å²) in [5.74, 6) is 0.0615. The van der Waals surface area contributed by atoms with Crippen LogP contribution in [0.4, 0.5) is 18.0 Å². The number of halogens is 3. The molecular weight excluding hydrogens is 349 g/mol. The Balaban J connectivity index is 1.76. The number of nitrogens with zero attached hydrogens (tertiary/aromatic N) is 2. The van der Waals surface area contributed by atoms with E-state index in [2.05, 4.69) is 6.92 Å². The first-order valence-corrected chi connectivity index (χ1v) is 8.46. The highest BCUT2D eigenvalue weighted by Crippen LogP contribution is 2.29. The van der Waals surface area contributed by atoms with Gasteiger partial charge in [0.25, 0.3) is 0 Å². The molecule has 1 heterocycles. The Hall–Kier alpha value is -2.25. The molecule has 1 saturated heterocycles. The number of piperazine rings is 1. The van der Waals surface area contributed by atoms with E-state index < -0.39 is 17.8 Å². The SMILES string of the molecule is [CH2]CCCC(=O)N1CCN(C(=O)OCc2ccc(C(F)(F)F)cc2)CC1. The maximum absolute atomic E-state index is 12.5. The molecule has 0 bridgehead atoms. The Morgan fingerprint density at radius 1 is 1.04 bits per heavy atom. The van der Waals surface area contributed by atoms with E-state index >= 15 is 0 Å². The number of carbonyl (C=O) groups excluding carboxylic acids is 2. The Morgan fingerprint density at radius 3 is 2.15 bits per heavy atom. The Labute approximate surface area is 150 Å². The van der Waals surface area contributed by atoms with E-state index in [1.54, 1.807) is 4.90 Å². The van der Waals surface area contributed by atoms with Crippen LogP contribution < -0.4 is 0 Å². The van der Waals surface area contributed by atoms with Crippen molar-refractivity contribution in [2.45, 2.75) is 32.0 Å². The van der Waals surface area contributed by atoms with Crippen LogP contribution >= 0.6 is 0 Å². The van der Waals surface area contributed by atoms with Gasteiger partial charge in [0.05, 0.1) is 5.56 Å². The molecule has 1 fully saturated rings. The van der Waals surface area contributed by atoms with Crippen molar-refractivity contribution in [3.63, 3.8) is 0 Å². The van der Waals surface area contributed by atoms with Gasteiger partial charge in [-0.1, -0.05) is 25.5 Å². The second kappa shape index (κ2) is 8.91. The van der Waals surface area contributed by atoms with E-state index in [0.717, 1.165) is 18.6 Å². The largest absolute Gasteiger partial charge is 0.445 e. The van der Waals surface area contributed by atoms with Gasteiger partial charge in [-0.3, -0.25) is 4.79 Å². The molecule has 143 valence electrons. The van der Waals surface area contributed by atoms with Gasteiger partial charge in [-0.25, -0.2) is 4.79 Å². The van der Waals surface area contributed by atoms with Crippen LogP contribution in [0.3, 0.4) is 0 Å². The molecule has 0 N–H and O–H groups in total. The van der Waals surface area contributed by atoms with E-state index in [-0.39, 0.29) is 12.5 Å². The third-order valence-corrected chi connectivity index (χ3v) is 4.17. The average Bonchev–Trinajstić information content (AvgIpc) is 2.64. The van der Waals surface area contributed by atoms with Crippen molar-refractivity contribution >= 4 is 12.0 Å². The third kappa shape index (κ3) is 5.64. The first-order valence-electron chi connectivity index (χ1n) is 8.46. The van der Waals surface area contributed by atoms with Gasteiger partial charge >= 0.3 is 12.3 Å². The lowest BCUT2D eigenvalue weighted by Crippen LogP contribution is -2.50. The molecule has 1 radical (unpaired) electrons. The summed E-state index contributed by atoms with van der Waals surface area (Å²) in [6.45, 7) is 5.26. The lowest BCUT2D eigenvalue weighted by molar-refractivity contribution is -0.137. The predicted octanol–water partition coefficient (Wildman–Crippen LogP) is 3.49. The Bertz CT molecular complexity index is 609. The first kappa shape index (κ1) is 20.1. The predicted molar refractivity (Wildman–Crippen MR) is 89.0 cm³/mol. The zero-order valence-corrected chi connectivity index (χ0v) is 14.4. The van der Waals surface area contributed by atoms with Gasteiger partial charge in [0.1, 0.15) is 6.61 Å². The normalized spacial score (nSPS) is 15.1. The van der Waals surface area contributed by atoms with Crippen molar-refractivity contribution in [3.8, 4) is 0 Å². The van der Waals surface area contributed by atoms with Gasteiger partial charge in [0.15, 0.2) is 0 Å². The van der Waals surface area contributed by atoms with Crippen LogP contribution in [-0.4, -0.2) is 48.0 Å². The highest BCUT2D eigenvalue weighted by atomic mass is 19.4. The molecular formula is C18H22F3N2O3. The monoisotopic (exact) mass is 371 g/mol. The number of benzene rings is 1. The van der Waals surface area contributed by atoms with Crippen molar-refractivity contribution in [2.75, 3.05) is 26.2 Å². The summed E-state index contributed by atoms with van der Waals surface area (Å²) in [6.07, 6.45) is -3.01. The van der Waals surface area contributed by atoms with E-state index in [1.807, 2.05) is 0 Å². The van der Waals surface area contributed by atoms with Crippen molar-refractivity contribution in [1.29, 1.82) is 0 Å². The molecule has 1 aliphatic heterocycles. The number of carbonyl (C=O) groups is 2. The van der Waals surface area contributed by atoms with Crippen LogP contribution in [0.25, 0.3) is 0 Å². The summed E-state index contributed by atoms with van der Waals surface area (Å²) in [5.41, 5.74) is -0.263. The van der Waals surface area contributed by atoms with E-state index in [0.29, 0.717) is 44.6 Å². The lowest BCUT2D eigenvalue weighted by atomic mass is 10.1. The molecule has 0 saturated carbocycles. The first-order chi connectivity index (χ1) is 12.3. The molecule has 0 aromatic heterocycles. The number of ether oxygens (including phenoxy) is 1. The minimum atomic E-state index is -4.39. The van der Waals surface area contributed by atoms with Crippen molar-refractivity contribution in [1.82, 2.24) is 9.80 Å². The summed E-state index contributed by atoms with van der Waals surface area (Å²) in [7, 11) is 0. The molecule has 0 unspecified atom stereocenters. The second-order valence-electron chi connectivity index (χ2n) is 6.07. The number of hydrogen-bond acceptors (Lipinski definition) is 3. The maximum Gasteiger partial charge on any atom is 0.416 e. The van der Waals surface area contributed by atoms with Crippen LogP contribution in [0, 0.1) is 6.92 Å². The standard InChI is InChI=1S/C18H22F3N2O3/c1-2-3-4-16(24)22-9-11-23(12-10-22)17(25)26-13-14-5-7-15(8-6-14)18(19,20)21/h5-8H,1-4,9-13H2. The fourth-order valence-electron chi connectivity index (χ4n) is 2.60. The summed E-state index contributed by atoms with van der Waals surface area (Å²) in [5, 5.41) is 0. The molecule has 1 aliphatic rings. The number of unbranched alkanes of at least 4 members (excludes halogenated alkanes) is 1. The molecule has 2 rings (SSSR count). The molecule has 5 nitrogen and oxygen atoms in total. The molecule has 1 aromatic rings. The van der Waals surface area contributed by atoms with Gasteiger partial charge < -0.3 is 14.5 Å². The third-order valence-electron chi connectivity index (χ3n) is 4.17. The maximum atomic E-state index is 12.5. The zero-order chi connectivity index (χ0) is 19.2.